The molecule has 3 rings (SSSR count). The van der Waals surface area contributed by atoms with Crippen LogP contribution in [0.5, 0.6) is 0 Å². The molecule has 134 valence electrons. The van der Waals surface area contributed by atoms with Crippen LogP contribution in [-0.4, -0.2) is 48.7 Å². The molecule has 25 heavy (non-hydrogen) atoms. The number of hydrogen-bond donors (Lipinski definition) is 0. The molecule has 1 aliphatic rings. The number of ether oxygens (including phenoxy) is 2. The number of aryl methyl sites for hydroxylation is 1. The van der Waals surface area contributed by atoms with Crippen molar-refractivity contribution in [1.82, 2.24) is 9.97 Å². The maximum absolute atomic E-state index is 12.2. The van der Waals surface area contributed by atoms with Crippen LogP contribution in [0, 0.1) is 6.92 Å². The number of aromatic nitrogens is 2. The zero-order chi connectivity index (χ0) is 18.0. The summed E-state index contributed by atoms with van der Waals surface area (Å²) in [6, 6.07) is 0. The molecule has 7 nitrogen and oxygen atoms in total. The van der Waals surface area contributed by atoms with Crippen LogP contribution in [-0.2, 0) is 20.7 Å². The summed E-state index contributed by atoms with van der Waals surface area (Å²) in [6.07, 6.45) is 2.22. The number of rotatable bonds is 5. The molecular weight excluding hydrogens is 342 g/mol. The van der Waals surface area contributed by atoms with Crippen LogP contribution >= 0.6 is 11.3 Å². The van der Waals surface area contributed by atoms with Crippen molar-refractivity contribution in [3.8, 4) is 0 Å². The normalized spacial score (nSPS) is 14.1. The Kier molecular flexibility index (Phi) is 5.17. The number of thiophene rings is 1. The minimum absolute atomic E-state index is 0.0129. The van der Waals surface area contributed by atoms with Crippen LogP contribution in [0.15, 0.2) is 0 Å². The van der Waals surface area contributed by atoms with Crippen molar-refractivity contribution in [3.05, 3.63) is 16.3 Å². The molecule has 1 saturated heterocycles. The van der Waals surface area contributed by atoms with Gasteiger partial charge in [0.25, 0.3) is 0 Å². The van der Waals surface area contributed by atoms with Crippen LogP contribution < -0.4 is 4.90 Å². The highest BCUT2D eigenvalue weighted by Crippen LogP contribution is 2.37. The maximum Gasteiger partial charge on any atom is 0.348 e. The van der Waals surface area contributed by atoms with E-state index in [1.165, 1.54) is 18.4 Å². The molecule has 0 radical (unpaired) electrons. The van der Waals surface area contributed by atoms with E-state index in [1.807, 2.05) is 6.92 Å². The summed E-state index contributed by atoms with van der Waals surface area (Å²) in [6.45, 7) is 5.82. The van der Waals surface area contributed by atoms with Gasteiger partial charge in [-0.15, -0.1) is 11.3 Å². The third kappa shape index (κ3) is 3.44. The summed E-state index contributed by atoms with van der Waals surface area (Å²) in [4.78, 5) is 36.4. The van der Waals surface area contributed by atoms with Gasteiger partial charge in [0.05, 0.1) is 19.1 Å². The summed E-state index contributed by atoms with van der Waals surface area (Å²) < 4.78 is 9.88. The van der Waals surface area contributed by atoms with E-state index < -0.39 is 0 Å². The highest BCUT2D eigenvalue weighted by molar-refractivity contribution is 7.20. The third-order valence-corrected chi connectivity index (χ3v) is 5.38. The molecule has 0 unspecified atom stereocenters. The van der Waals surface area contributed by atoms with Crippen molar-refractivity contribution in [2.24, 2.45) is 0 Å². The van der Waals surface area contributed by atoms with Crippen molar-refractivity contribution in [3.63, 3.8) is 0 Å². The molecule has 0 spiro atoms. The molecule has 0 aromatic carbocycles. The van der Waals surface area contributed by atoms with Gasteiger partial charge in [-0.25, -0.2) is 14.8 Å². The topological polar surface area (TPSA) is 81.6 Å². The molecule has 0 aliphatic carbocycles. The fourth-order valence-electron chi connectivity index (χ4n) is 2.99. The zero-order valence-corrected chi connectivity index (χ0v) is 15.4. The highest BCUT2D eigenvalue weighted by atomic mass is 32.1. The van der Waals surface area contributed by atoms with Gasteiger partial charge in [0.2, 0.25) is 0 Å². The largest absolute Gasteiger partial charge is 0.469 e. The Morgan fingerprint density at radius 3 is 2.60 bits per heavy atom. The molecule has 3 heterocycles. The van der Waals surface area contributed by atoms with E-state index in [1.54, 1.807) is 6.92 Å². The predicted molar refractivity (Wildman–Crippen MR) is 95.3 cm³/mol. The van der Waals surface area contributed by atoms with E-state index in [4.69, 9.17) is 9.47 Å². The molecule has 1 aliphatic heterocycles. The molecule has 0 amide bonds. The monoisotopic (exact) mass is 363 g/mol. The zero-order valence-electron chi connectivity index (χ0n) is 14.6. The first-order valence-corrected chi connectivity index (χ1v) is 9.15. The molecule has 2 aromatic rings. The lowest BCUT2D eigenvalue weighted by atomic mass is 10.2. The van der Waals surface area contributed by atoms with Crippen LogP contribution in [0.4, 0.5) is 5.82 Å². The molecule has 8 heteroatoms. The Hall–Kier alpha value is -2.22. The number of hydrogen-bond acceptors (Lipinski definition) is 8. The number of nitrogens with zero attached hydrogens (tertiary/aromatic N) is 3. The van der Waals surface area contributed by atoms with Gasteiger partial charge in [0.15, 0.2) is 0 Å². The van der Waals surface area contributed by atoms with Gasteiger partial charge in [0, 0.05) is 13.1 Å². The van der Waals surface area contributed by atoms with E-state index in [9.17, 15) is 9.59 Å². The van der Waals surface area contributed by atoms with Crippen molar-refractivity contribution < 1.29 is 19.1 Å². The quantitative estimate of drug-likeness (QED) is 0.755. The lowest BCUT2D eigenvalue weighted by Crippen LogP contribution is -2.21. The Balaban J connectivity index is 2.13. The average Bonchev–Trinajstić information content (AvgIpc) is 3.23. The minimum Gasteiger partial charge on any atom is -0.469 e. The molecule has 0 N–H and O–H groups in total. The standard InChI is InChI=1S/C17H21N3O4S/c1-4-24-17(22)14-10(2)13-15(20-7-5-6-8-20)18-11(9-12(21)23-3)19-16(13)25-14/h4-9H2,1-3H3. The first kappa shape index (κ1) is 17.6. The summed E-state index contributed by atoms with van der Waals surface area (Å²) in [7, 11) is 1.34. The Labute approximate surface area is 150 Å². The number of carbonyl (C=O) groups is 2. The fraction of sp³-hybridized carbons (Fsp3) is 0.529. The lowest BCUT2D eigenvalue weighted by molar-refractivity contribution is -0.139. The second-order valence-corrected chi connectivity index (χ2v) is 6.87. The summed E-state index contributed by atoms with van der Waals surface area (Å²) in [5, 5.41) is 0.878. The van der Waals surface area contributed by atoms with E-state index in [0.717, 1.165) is 42.7 Å². The predicted octanol–water partition coefficient (Wildman–Crippen LogP) is 2.49. The SMILES string of the molecule is CCOC(=O)c1sc2nc(CC(=O)OC)nc(N3CCCC3)c2c1C. The van der Waals surface area contributed by atoms with E-state index in [0.29, 0.717) is 22.1 Å². The molecule has 2 aromatic heterocycles. The second-order valence-electron chi connectivity index (χ2n) is 5.87. The van der Waals surface area contributed by atoms with Gasteiger partial charge in [0.1, 0.15) is 27.8 Å². The summed E-state index contributed by atoms with van der Waals surface area (Å²) in [5.74, 6) is 0.485. The molecule has 0 bridgehead atoms. The lowest BCUT2D eigenvalue weighted by Gasteiger charge is -2.18. The number of esters is 2. The minimum atomic E-state index is -0.384. The smallest absolute Gasteiger partial charge is 0.348 e. The number of carbonyl (C=O) groups excluding carboxylic acids is 2. The summed E-state index contributed by atoms with van der Waals surface area (Å²) >= 11 is 1.29. The second kappa shape index (κ2) is 7.35. The number of anilines is 1. The van der Waals surface area contributed by atoms with E-state index in [2.05, 4.69) is 14.9 Å². The van der Waals surface area contributed by atoms with Crippen LogP contribution in [0.2, 0.25) is 0 Å². The van der Waals surface area contributed by atoms with Crippen molar-refractivity contribution in [2.75, 3.05) is 31.7 Å². The first-order valence-electron chi connectivity index (χ1n) is 8.34. The van der Waals surface area contributed by atoms with Gasteiger partial charge in [-0.2, -0.15) is 0 Å². The number of methoxy groups -OCH3 is 1. The molecule has 0 atom stereocenters. The van der Waals surface area contributed by atoms with Gasteiger partial charge in [-0.05, 0) is 32.3 Å². The van der Waals surface area contributed by atoms with Gasteiger partial charge >= 0.3 is 11.9 Å². The number of fused-ring (bicyclic) bond motifs is 1. The first-order chi connectivity index (χ1) is 12.0. The van der Waals surface area contributed by atoms with E-state index >= 15 is 0 Å². The van der Waals surface area contributed by atoms with Gasteiger partial charge in [-0.1, -0.05) is 0 Å². The van der Waals surface area contributed by atoms with Crippen LogP contribution in [0.3, 0.4) is 0 Å². The highest BCUT2D eigenvalue weighted by Gasteiger charge is 2.25. The molecular formula is C17H21N3O4S. The molecule has 0 saturated carbocycles. The van der Waals surface area contributed by atoms with Gasteiger partial charge < -0.3 is 14.4 Å². The Morgan fingerprint density at radius 2 is 1.96 bits per heavy atom. The van der Waals surface area contributed by atoms with Crippen molar-refractivity contribution in [2.45, 2.75) is 33.1 Å². The maximum atomic E-state index is 12.2. The molecule has 1 fully saturated rings. The van der Waals surface area contributed by atoms with E-state index in [-0.39, 0.29) is 18.4 Å². The van der Waals surface area contributed by atoms with Gasteiger partial charge in [-0.3, -0.25) is 4.79 Å². The summed E-state index contributed by atoms with van der Waals surface area (Å²) in [5.41, 5.74) is 0.838. The Morgan fingerprint density at radius 1 is 1.24 bits per heavy atom. The fourth-order valence-corrected chi connectivity index (χ4v) is 4.08. The van der Waals surface area contributed by atoms with Crippen molar-refractivity contribution in [1.29, 1.82) is 0 Å². The van der Waals surface area contributed by atoms with Crippen LogP contribution in [0.25, 0.3) is 10.2 Å². The third-order valence-electron chi connectivity index (χ3n) is 4.21. The average molecular weight is 363 g/mol. The van der Waals surface area contributed by atoms with Crippen LogP contribution in [0.1, 0.15) is 40.8 Å². The Bertz CT molecular complexity index is 812. The van der Waals surface area contributed by atoms with Crippen molar-refractivity contribution >= 4 is 39.3 Å².